The molecule has 1 heterocycles. The number of benzene rings is 1. The summed E-state index contributed by atoms with van der Waals surface area (Å²) >= 11 is 1.39. The summed E-state index contributed by atoms with van der Waals surface area (Å²) < 4.78 is 6.25. The quantitative estimate of drug-likeness (QED) is 0.704. The van der Waals surface area contributed by atoms with E-state index >= 15 is 0 Å². The topological polar surface area (TPSA) is 68.0 Å². The van der Waals surface area contributed by atoms with Crippen LogP contribution in [-0.4, -0.2) is 22.1 Å². The van der Waals surface area contributed by atoms with E-state index in [-0.39, 0.29) is 16.6 Å². The molecule has 5 nitrogen and oxygen atoms in total. The van der Waals surface area contributed by atoms with Gasteiger partial charge in [-0.2, -0.15) is 0 Å². The number of aromatic nitrogens is 2. The second kappa shape index (κ2) is 6.86. The van der Waals surface area contributed by atoms with E-state index in [2.05, 4.69) is 15.5 Å². The van der Waals surface area contributed by atoms with Crippen molar-refractivity contribution in [3.05, 3.63) is 41.8 Å². The normalized spacial score (nSPS) is 33.6. The standard InChI is InChI=1S/C23H27N3O2S/c27-20(24-18-6-7-18)19(17-4-2-1-3-5-17)29-22-26-25-21(28-22)23-11-14-8-15(12-23)10-16(9-14)13-23/h1-5,14-16,18-19H,6-13H2,(H,24,27)/t14?,15?,16?,19-,23?/m0/s1. The third-order valence-electron chi connectivity index (χ3n) is 7.38. The second-order valence-corrected chi connectivity index (χ2v) is 10.8. The van der Waals surface area contributed by atoms with E-state index in [9.17, 15) is 4.79 Å². The molecule has 7 rings (SSSR count). The number of nitrogens with one attached hydrogen (secondary N) is 1. The van der Waals surface area contributed by atoms with E-state index in [0.717, 1.165) is 42.0 Å². The zero-order chi connectivity index (χ0) is 19.4. The Morgan fingerprint density at radius 2 is 1.69 bits per heavy atom. The SMILES string of the molecule is O=C(NC1CC1)[C@@H](Sc1nnc(C23CC4CC(CC(C4)C2)C3)o1)c1ccccc1. The van der Waals surface area contributed by atoms with Crippen LogP contribution in [0.2, 0.25) is 0 Å². The van der Waals surface area contributed by atoms with Gasteiger partial charge in [0.25, 0.3) is 5.22 Å². The highest BCUT2D eigenvalue weighted by atomic mass is 32.2. The van der Waals surface area contributed by atoms with Gasteiger partial charge in [0.1, 0.15) is 5.25 Å². The fourth-order valence-electron chi connectivity index (χ4n) is 6.35. The van der Waals surface area contributed by atoms with Crippen LogP contribution in [0.5, 0.6) is 0 Å². The van der Waals surface area contributed by atoms with Gasteiger partial charge in [-0.25, -0.2) is 0 Å². The number of amides is 1. The maximum atomic E-state index is 12.9. The summed E-state index contributed by atoms with van der Waals surface area (Å²) in [7, 11) is 0. The maximum Gasteiger partial charge on any atom is 0.277 e. The zero-order valence-corrected chi connectivity index (χ0v) is 17.4. The van der Waals surface area contributed by atoms with E-state index in [1.165, 1.54) is 50.3 Å². The van der Waals surface area contributed by atoms with Crippen molar-refractivity contribution in [3.8, 4) is 0 Å². The Hall–Kier alpha value is -1.82. The molecule has 1 amide bonds. The highest BCUT2D eigenvalue weighted by Crippen LogP contribution is 2.60. The monoisotopic (exact) mass is 409 g/mol. The summed E-state index contributed by atoms with van der Waals surface area (Å²) in [6.45, 7) is 0. The van der Waals surface area contributed by atoms with Crippen molar-refractivity contribution >= 4 is 17.7 Å². The fourth-order valence-corrected chi connectivity index (χ4v) is 7.24. The smallest absolute Gasteiger partial charge is 0.277 e. The maximum absolute atomic E-state index is 12.9. The summed E-state index contributed by atoms with van der Waals surface area (Å²) in [5, 5.41) is 12.2. The largest absolute Gasteiger partial charge is 0.415 e. The number of hydrogen-bond donors (Lipinski definition) is 1. The lowest BCUT2D eigenvalue weighted by atomic mass is 9.49. The molecule has 0 saturated heterocycles. The van der Waals surface area contributed by atoms with Crippen LogP contribution in [0.25, 0.3) is 0 Å². The Labute approximate surface area is 175 Å². The first kappa shape index (κ1) is 18.0. The molecule has 2 aromatic rings. The van der Waals surface area contributed by atoms with Gasteiger partial charge in [-0.1, -0.05) is 30.3 Å². The Morgan fingerprint density at radius 1 is 1.03 bits per heavy atom. The molecule has 5 aliphatic carbocycles. The van der Waals surface area contributed by atoms with Gasteiger partial charge in [-0.15, -0.1) is 10.2 Å². The van der Waals surface area contributed by atoms with Crippen LogP contribution in [-0.2, 0) is 10.2 Å². The van der Waals surface area contributed by atoms with Crippen molar-refractivity contribution in [1.82, 2.24) is 15.5 Å². The number of thioether (sulfide) groups is 1. The molecule has 0 spiro atoms. The van der Waals surface area contributed by atoms with Crippen molar-refractivity contribution in [3.63, 3.8) is 0 Å². The van der Waals surface area contributed by atoms with Crippen molar-refractivity contribution in [2.45, 2.75) is 73.3 Å². The van der Waals surface area contributed by atoms with Gasteiger partial charge in [0.05, 0.1) is 0 Å². The molecule has 0 unspecified atom stereocenters. The first-order valence-electron chi connectivity index (χ1n) is 11.0. The highest BCUT2D eigenvalue weighted by molar-refractivity contribution is 8.00. The van der Waals surface area contributed by atoms with Gasteiger partial charge < -0.3 is 9.73 Å². The van der Waals surface area contributed by atoms with Crippen LogP contribution in [0.15, 0.2) is 40.0 Å². The molecule has 152 valence electrons. The van der Waals surface area contributed by atoms with Crippen LogP contribution in [0.3, 0.4) is 0 Å². The molecule has 1 atom stereocenters. The van der Waals surface area contributed by atoms with E-state index in [4.69, 9.17) is 4.42 Å². The van der Waals surface area contributed by atoms with Crippen LogP contribution < -0.4 is 5.32 Å². The van der Waals surface area contributed by atoms with Crippen molar-refractivity contribution in [1.29, 1.82) is 0 Å². The summed E-state index contributed by atoms with van der Waals surface area (Å²) in [4.78, 5) is 12.9. The lowest BCUT2D eigenvalue weighted by Crippen LogP contribution is -2.48. The molecule has 1 aromatic carbocycles. The number of hydrogen-bond acceptors (Lipinski definition) is 5. The van der Waals surface area contributed by atoms with Crippen LogP contribution in [0, 0.1) is 17.8 Å². The highest BCUT2D eigenvalue weighted by Gasteiger charge is 2.54. The van der Waals surface area contributed by atoms with E-state index < -0.39 is 0 Å². The first-order chi connectivity index (χ1) is 14.2. The number of rotatable bonds is 6. The summed E-state index contributed by atoms with van der Waals surface area (Å²) in [6.07, 6.45) is 9.95. The number of carbonyl (C=O) groups is 1. The molecular weight excluding hydrogens is 382 g/mol. The Bertz CT molecular complexity index is 873. The molecule has 0 radical (unpaired) electrons. The third kappa shape index (κ3) is 3.39. The average molecular weight is 410 g/mol. The molecular formula is C23H27N3O2S. The third-order valence-corrected chi connectivity index (χ3v) is 8.47. The Morgan fingerprint density at radius 3 is 2.31 bits per heavy atom. The Balaban J connectivity index is 1.25. The van der Waals surface area contributed by atoms with Crippen molar-refractivity contribution in [2.75, 3.05) is 0 Å². The van der Waals surface area contributed by atoms with E-state index in [1.807, 2.05) is 30.3 Å². The predicted molar refractivity (Wildman–Crippen MR) is 110 cm³/mol. The van der Waals surface area contributed by atoms with Gasteiger partial charge in [0, 0.05) is 11.5 Å². The van der Waals surface area contributed by atoms with E-state index in [0.29, 0.717) is 11.3 Å². The van der Waals surface area contributed by atoms with Gasteiger partial charge in [0.15, 0.2) is 0 Å². The van der Waals surface area contributed by atoms with Crippen LogP contribution in [0.1, 0.15) is 68.1 Å². The van der Waals surface area contributed by atoms with Crippen molar-refractivity contribution < 1.29 is 9.21 Å². The molecule has 1 aromatic heterocycles. The molecule has 29 heavy (non-hydrogen) atoms. The van der Waals surface area contributed by atoms with Gasteiger partial charge >= 0.3 is 0 Å². The zero-order valence-electron chi connectivity index (χ0n) is 16.5. The summed E-state index contributed by atoms with van der Waals surface area (Å²) in [5.74, 6) is 3.38. The minimum Gasteiger partial charge on any atom is -0.415 e. The predicted octanol–water partition coefficient (Wildman–Crippen LogP) is 4.65. The molecule has 6 heteroatoms. The van der Waals surface area contributed by atoms with Gasteiger partial charge in [0.2, 0.25) is 11.8 Å². The average Bonchev–Trinajstić information content (AvgIpc) is 3.38. The lowest BCUT2D eigenvalue weighted by molar-refractivity contribution is -0.120. The number of nitrogens with zero attached hydrogens (tertiary/aromatic N) is 2. The minimum atomic E-state index is -0.360. The lowest BCUT2D eigenvalue weighted by Gasteiger charge is -2.55. The first-order valence-corrected chi connectivity index (χ1v) is 11.9. The fraction of sp³-hybridized carbons (Fsp3) is 0.609. The summed E-state index contributed by atoms with van der Waals surface area (Å²) in [6, 6.07) is 10.3. The molecule has 5 aliphatic rings. The van der Waals surface area contributed by atoms with Gasteiger partial charge in [-0.05, 0) is 86.4 Å². The number of carbonyl (C=O) groups excluding carboxylic acids is 1. The van der Waals surface area contributed by atoms with Crippen LogP contribution in [0.4, 0.5) is 0 Å². The summed E-state index contributed by atoms with van der Waals surface area (Å²) in [5.41, 5.74) is 1.07. The molecule has 5 saturated carbocycles. The molecule has 5 fully saturated rings. The molecule has 0 aliphatic heterocycles. The van der Waals surface area contributed by atoms with E-state index in [1.54, 1.807) is 0 Å². The Kier molecular flexibility index (Phi) is 4.26. The second-order valence-electron chi connectivity index (χ2n) is 9.76. The molecule has 1 N–H and O–H groups in total. The minimum absolute atomic E-state index is 0.0401. The molecule has 4 bridgehead atoms. The van der Waals surface area contributed by atoms with Crippen molar-refractivity contribution in [2.24, 2.45) is 17.8 Å². The van der Waals surface area contributed by atoms with Crippen LogP contribution >= 0.6 is 11.8 Å². The van der Waals surface area contributed by atoms with Gasteiger partial charge in [-0.3, -0.25) is 4.79 Å².